The Bertz CT molecular complexity index is 553. The monoisotopic (exact) mass is 244 g/mol. The Morgan fingerprint density at radius 1 is 1.39 bits per heavy atom. The highest BCUT2D eigenvalue weighted by molar-refractivity contribution is 5.87. The minimum absolute atomic E-state index is 0.635. The van der Waals surface area contributed by atoms with E-state index in [1.807, 2.05) is 0 Å². The fourth-order valence-electron chi connectivity index (χ4n) is 2.92. The van der Waals surface area contributed by atoms with Gasteiger partial charge in [0.2, 0.25) is 0 Å². The van der Waals surface area contributed by atoms with E-state index in [0.29, 0.717) is 6.04 Å². The van der Waals surface area contributed by atoms with Crippen LogP contribution in [0.3, 0.4) is 0 Å². The van der Waals surface area contributed by atoms with Crippen molar-refractivity contribution in [3.63, 3.8) is 0 Å². The second kappa shape index (κ2) is 4.65. The van der Waals surface area contributed by atoms with E-state index < -0.39 is 0 Å². The van der Waals surface area contributed by atoms with E-state index >= 15 is 0 Å². The SMILES string of the molecule is COc1cc(C)c2[nH]cc(CC3CCCN3)c2c1. The topological polar surface area (TPSA) is 37.0 Å². The number of H-pyrrole nitrogens is 1. The molecule has 3 rings (SSSR count). The minimum Gasteiger partial charge on any atom is -0.497 e. The third kappa shape index (κ3) is 1.99. The maximum Gasteiger partial charge on any atom is 0.119 e. The smallest absolute Gasteiger partial charge is 0.119 e. The summed E-state index contributed by atoms with van der Waals surface area (Å²) >= 11 is 0. The Morgan fingerprint density at radius 3 is 3.00 bits per heavy atom. The summed E-state index contributed by atoms with van der Waals surface area (Å²) in [5, 5.41) is 4.86. The Morgan fingerprint density at radius 2 is 2.28 bits per heavy atom. The van der Waals surface area contributed by atoms with E-state index in [9.17, 15) is 0 Å². The summed E-state index contributed by atoms with van der Waals surface area (Å²) in [7, 11) is 1.73. The number of aromatic nitrogens is 1. The highest BCUT2D eigenvalue weighted by Gasteiger charge is 2.17. The van der Waals surface area contributed by atoms with Gasteiger partial charge in [-0.05, 0) is 56.0 Å². The van der Waals surface area contributed by atoms with Gasteiger partial charge in [-0.15, -0.1) is 0 Å². The molecule has 18 heavy (non-hydrogen) atoms. The molecular formula is C15H20N2O. The molecule has 1 fully saturated rings. The number of benzene rings is 1. The average molecular weight is 244 g/mol. The molecule has 2 heterocycles. The van der Waals surface area contributed by atoms with Crippen LogP contribution in [0.2, 0.25) is 0 Å². The Kier molecular flexibility index (Phi) is 3.00. The maximum atomic E-state index is 5.37. The van der Waals surface area contributed by atoms with Crippen LogP contribution < -0.4 is 10.1 Å². The summed E-state index contributed by atoms with van der Waals surface area (Å²) in [5.41, 5.74) is 3.88. The van der Waals surface area contributed by atoms with Crippen molar-refractivity contribution >= 4 is 10.9 Å². The number of aryl methyl sites for hydroxylation is 1. The van der Waals surface area contributed by atoms with Crippen LogP contribution in [0.1, 0.15) is 24.0 Å². The van der Waals surface area contributed by atoms with Crippen LogP contribution >= 0.6 is 0 Å². The lowest BCUT2D eigenvalue weighted by Crippen LogP contribution is -2.23. The van der Waals surface area contributed by atoms with Gasteiger partial charge in [-0.1, -0.05) is 0 Å². The lowest BCUT2D eigenvalue weighted by molar-refractivity contribution is 0.415. The average Bonchev–Trinajstić information content (AvgIpc) is 3.00. The molecule has 3 nitrogen and oxygen atoms in total. The van der Waals surface area contributed by atoms with Crippen LogP contribution in [0, 0.1) is 6.92 Å². The molecule has 96 valence electrons. The zero-order chi connectivity index (χ0) is 12.5. The van der Waals surface area contributed by atoms with Gasteiger partial charge in [-0.2, -0.15) is 0 Å². The molecule has 1 aromatic carbocycles. The third-order valence-corrected chi connectivity index (χ3v) is 3.91. The van der Waals surface area contributed by atoms with Gasteiger partial charge in [0.05, 0.1) is 7.11 Å². The predicted octanol–water partition coefficient (Wildman–Crippen LogP) is 2.78. The largest absolute Gasteiger partial charge is 0.497 e. The molecule has 0 amide bonds. The fraction of sp³-hybridized carbons (Fsp3) is 0.467. The van der Waals surface area contributed by atoms with Crippen LogP contribution in [0.15, 0.2) is 18.3 Å². The Labute approximate surface area is 108 Å². The number of aromatic amines is 1. The van der Waals surface area contributed by atoms with Gasteiger partial charge in [-0.3, -0.25) is 0 Å². The van der Waals surface area contributed by atoms with Crippen LogP contribution in [0.4, 0.5) is 0 Å². The van der Waals surface area contributed by atoms with Gasteiger partial charge in [0.15, 0.2) is 0 Å². The molecule has 1 unspecified atom stereocenters. The number of hydrogen-bond acceptors (Lipinski definition) is 2. The lowest BCUT2D eigenvalue weighted by atomic mass is 10.0. The van der Waals surface area contributed by atoms with E-state index in [4.69, 9.17) is 4.74 Å². The number of methoxy groups -OCH3 is 1. The number of fused-ring (bicyclic) bond motifs is 1. The first-order valence-electron chi connectivity index (χ1n) is 6.66. The number of hydrogen-bond donors (Lipinski definition) is 2. The summed E-state index contributed by atoms with van der Waals surface area (Å²) in [6, 6.07) is 4.86. The molecule has 0 spiro atoms. The second-order valence-electron chi connectivity index (χ2n) is 5.18. The van der Waals surface area contributed by atoms with Crippen molar-refractivity contribution in [1.29, 1.82) is 0 Å². The quantitative estimate of drug-likeness (QED) is 0.871. The maximum absolute atomic E-state index is 5.37. The predicted molar refractivity (Wildman–Crippen MR) is 74.3 cm³/mol. The van der Waals surface area contributed by atoms with Crippen molar-refractivity contribution in [3.05, 3.63) is 29.5 Å². The molecule has 2 N–H and O–H groups in total. The first-order chi connectivity index (χ1) is 8.78. The van der Waals surface area contributed by atoms with Gasteiger partial charge in [0.25, 0.3) is 0 Å². The Hall–Kier alpha value is -1.48. The number of rotatable bonds is 3. The zero-order valence-corrected chi connectivity index (χ0v) is 11.0. The molecule has 0 radical (unpaired) electrons. The van der Waals surface area contributed by atoms with Crippen molar-refractivity contribution < 1.29 is 4.74 Å². The van der Waals surface area contributed by atoms with Crippen molar-refractivity contribution in [2.24, 2.45) is 0 Å². The Balaban J connectivity index is 1.98. The van der Waals surface area contributed by atoms with Crippen LogP contribution in [-0.4, -0.2) is 24.7 Å². The summed E-state index contributed by atoms with van der Waals surface area (Å²) < 4.78 is 5.37. The molecule has 1 aromatic heterocycles. The van der Waals surface area contributed by atoms with Crippen molar-refractivity contribution in [3.8, 4) is 5.75 Å². The van der Waals surface area contributed by atoms with Gasteiger partial charge in [0.1, 0.15) is 5.75 Å². The standard InChI is InChI=1S/C15H20N2O/c1-10-6-13(18-2)8-14-11(9-17-15(10)14)7-12-4-3-5-16-12/h6,8-9,12,16-17H,3-5,7H2,1-2H3. The molecule has 3 heteroatoms. The molecule has 1 atom stereocenters. The van der Waals surface area contributed by atoms with E-state index in [1.54, 1.807) is 7.11 Å². The van der Waals surface area contributed by atoms with Gasteiger partial charge < -0.3 is 15.0 Å². The van der Waals surface area contributed by atoms with Crippen LogP contribution in [-0.2, 0) is 6.42 Å². The van der Waals surface area contributed by atoms with Crippen LogP contribution in [0.5, 0.6) is 5.75 Å². The van der Waals surface area contributed by atoms with E-state index in [-0.39, 0.29) is 0 Å². The molecule has 1 saturated heterocycles. The summed E-state index contributed by atoms with van der Waals surface area (Å²) in [4.78, 5) is 3.40. The fourth-order valence-corrected chi connectivity index (χ4v) is 2.92. The molecular weight excluding hydrogens is 224 g/mol. The van der Waals surface area contributed by atoms with E-state index in [2.05, 4.69) is 35.6 Å². The minimum atomic E-state index is 0.635. The van der Waals surface area contributed by atoms with E-state index in [0.717, 1.165) is 18.7 Å². The molecule has 1 aliphatic rings. The zero-order valence-electron chi connectivity index (χ0n) is 11.0. The molecule has 0 aliphatic carbocycles. The summed E-state index contributed by atoms with van der Waals surface area (Å²) in [6.07, 6.45) is 5.84. The van der Waals surface area contributed by atoms with Gasteiger partial charge in [0, 0.05) is 23.1 Å². The first kappa shape index (κ1) is 11.6. The van der Waals surface area contributed by atoms with Crippen molar-refractivity contribution in [1.82, 2.24) is 10.3 Å². The van der Waals surface area contributed by atoms with Crippen molar-refractivity contribution in [2.75, 3.05) is 13.7 Å². The molecule has 0 bridgehead atoms. The molecule has 2 aromatic rings. The van der Waals surface area contributed by atoms with Crippen LogP contribution in [0.25, 0.3) is 10.9 Å². The molecule has 1 aliphatic heterocycles. The number of nitrogens with one attached hydrogen (secondary N) is 2. The number of ether oxygens (including phenoxy) is 1. The first-order valence-corrected chi connectivity index (χ1v) is 6.66. The van der Waals surface area contributed by atoms with Crippen molar-refractivity contribution in [2.45, 2.75) is 32.2 Å². The summed E-state index contributed by atoms with van der Waals surface area (Å²) in [6.45, 7) is 3.29. The van der Waals surface area contributed by atoms with Gasteiger partial charge in [-0.25, -0.2) is 0 Å². The second-order valence-corrected chi connectivity index (χ2v) is 5.18. The summed E-state index contributed by atoms with van der Waals surface area (Å²) in [5.74, 6) is 0.945. The van der Waals surface area contributed by atoms with E-state index in [1.165, 1.54) is 34.9 Å². The molecule has 0 saturated carbocycles. The lowest BCUT2D eigenvalue weighted by Gasteiger charge is -2.09. The normalized spacial score (nSPS) is 19.6. The van der Waals surface area contributed by atoms with Gasteiger partial charge >= 0.3 is 0 Å². The highest BCUT2D eigenvalue weighted by Crippen LogP contribution is 2.28. The highest BCUT2D eigenvalue weighted by atomic mass is 16.5. The third-order valence-electron chi connectivity index (χ3n) is 3.91.